The Morgan fingerprint density at radius 2 is 1.86 bits per heavy atom. The molecule has 0 aliphatic rings. The molecule has 14 heavy (non-hydrogen) atoms. The van der Waals surface area contributed by atoms with Gasteiger partial charge in [-0.25, -0.2) is 4.21 Å². The Balaban J connectivity index is 3.20. The largest absolute Gasteiger partial charge is 0.416 e. The van der Waals surface area contributed by atoms with Crippen molar-refractivity contribution in [1.82, 2.24) is 0 Å². The molecule has 1 atom stereocenters. The summed E-state index contributed by atoms with van der Waals surface area (Å²) >= 11 is 5.45. The first kappa shape index (κ1) is 11.8. The Morgan fingerprint density at radius 3 is 2.21 bits per heavy atom. The van der Waals surface area contributed by atoms with Gasteiger partial charge in [-0.2, -0.15) is 13.2 Å². The highest BCUT2D eigenvalue weighted by Gasteiger charge is 2.31. The fourth-order valence-electron chi connectivity index (χ4n) is 0.807. The third-order valence-corrected chi connectivity index (χ3v) is 3.06. The Morgan fingerprint density at radius 1 is 1.29 bits per heavy atom. The molecule has 0 radical (unpaired) electrons. The summed E-state index contributed by atoms with van der Waals surface area (Å²) in [5.74, 6) is 0. The maximum Gasteiger partial charge on any atom is 0.416 e. The molecule has 0 fully saturated rings. The van der Waals surface area contributed by atoms with E-state index in [2.05, 4.69) is 0 Å². The Labute approximate surface area is 89.8 Å². The molecular weight excluding hydrogens is 260 g/mol. The van der Waals surface area contributed by atoms with Crippen LogP contribution in [-0.2, 0) is 16.2 Å². The lowest BCUT2D eigenvalue weighted by atomic mass is 10.2. The molecule has 0 amide bonds. The molecule has 1 aromatic carbocycles. The molecular formula is C7H3Cl2F3OS. The van der Waals surface area contributed by atoms with Gasteiger partial charge in [-0.15, -0.1) is 0 Å². The van der Waals surface area contributed by atoms with E-state index >= 15 is 0 Å². The van der Waals surface area contributed by atoms with Crippen molar-refractivity contribution in [3.05, 3.63) is 28.8 Å². The van der Waals surface area contributed by atoms with E-state index < -0.39 is 21.8 Å². The van der Waals surface area contributed by atoms with Crippen molar-refractivity contribution in [2.45, 2.75) is 11.1 Å². The quantitative estimate of drug-likeness (QED) is 0.707. The molecule has 0 aliphatic carbocycles. The van der Waals surface area contributed by atoms with E-state index in [1.165, 1.54) is 0 Å². The van der Waals surface area contributed by atoms with Crippen molar-refractivity contribution in [2.24, 2.45) is 0 Å². The van der Waals surface area contributed by atoms with Crippen LogP contribution in [0.2, 0.25) is 5.02 Å². The van der Waals surface area contributed by atoms with E-state index in [9.17, 15) is 17.4 Å². The van der Waals surface area contributed by atoms with Gasteiger partial charge in [-0.1, -0.05) is 11.6 Å². The lowest BCUT2D eigenvalue weighted by Gasteiger charge is -2.07. The van der Waals surface area contributed by atoms with Crippen LogP contribution in [0.1, 0.15) is 5.56 Å². The fraction of sp³-hybridized carbons (Fsp3) is 0.143. The number of benzene rings is 1. The van der Waals surface area contributed by atoms with Gasteiger partial charge in [0.25, 0.3) is 0 Å². The zero-order valence-corrected chi connectivity index (χ0v) is 8.77. The van der Waals surface area contributed by atoms with Crippen molar-refractivity contribution in [2.75, 3.05) is 0 Å². The molecule has 0 aliphatic heterocycles. The van der Waals surface area contributed by atoms with E-state index in [1.807, 2.05) is 0 Å². The smallest absolute Gasteiger partial charge is 0.237 e. The highest BCUT2D eigenvalue weighted by molar-refractivity contribution is 8.08. The lowest BCUT2D eigenvalue weighted by Crippen LogP contribution is -2.04. The first-order valence-corrected chi connectivity index (χ1v) is 5.62. The second kappa shape index (κ2) is 4.08. The summed E-state index contributed by atoms with van der Waals surface area (Å²) in [6.07, 6.45) is -4.46. The van der Waals surface area contributed by atoms with Crippen molar-refractivity contribution >= 4 is 32.3 Å². The summed E-state index contributed by atoms with van der Waals surface area (Å²) in [6.45, 7) is 0. The zero-order valence-electron chi connectivity index (χ0n) is 6.44. The minimum absolute atomic E-state index is 0.0265. The molecule has 1 aromatic rings. The molecule has 0 spiro atoms. The maximum absolute atomic E-state index is 12.1. The van der Waals surface area contributed by atoms with Gasteiger partial charge in [-0.3, -0.25) is 0 Å². The van der Waals surface area contributed by atoms with Crippen molar-refractivity contribution in [1.29, 1.82) is 0 Å². The van der Waals surface area contributed by atoms with E-state index in [0.717, 1.165) is 12.1 Å². The number of rotatable bonds is 1. The van der Waals surface area contributed by atoms with Crippen molar-refractivity contribution in [3.8, 4) is 0 Å². The maximum atomic E-state index is 12.1. The second-order valence-corrected chi connectivity index (χ2v) is 4.50. The molecule has 7 heteroatoms. The summed E-state index contributed by atoms with van der Waals surface area (Å²) in [5, 5.41) is -0.256. The molecule has 0 saturated carbocycles. The molecule has 0 heterocycles. The third kappa shape index (κ3) is 2.62. The minimum atomic E-state index is -4.46. The second-order valence-electron chi connectivity index (χ2n) is 2.37. The molecule has 0 bridgehead atoms. The van der Waals surface area contributed by atoms with Crippen LogP contribution in [0.15, 0.2) is 23.1 Å². The van der Waals surface area contributed by atoms with E-state index in [0.29, 0.717) is 6.07 Å². The van der Waals surface area contributed by atoms with Crippen molar-refractivity contribution in [3.63, 3.8) is 0 Å². The topological polar surface area (TPSA) is 17.1 Å². The first-order chi connectivity index (χ1) is 6.32. The van der Waals surface area contributed by atoms with Gasteiger partial charge in [0, 0.05) is 0 Å². The molecule has 1 unspecified atom stereocenters. The first-order valence-electron chi connectivity index (χ1n) is 3.27. The van der Waals surface area contributed by atoms with Crippen LogP contribution in [0.3, 0.4) is 0 Å². The lowest BCUT2D eigenvalue weighted by molar-refractivity contribution is -0.137. The molecule has 0 N–H and O–H groups in total. The number of alkyl halides is 3. The third-order valence-electron chi connectivity index (χ3n) is 1.43. The van der Waals surface area contributed by atoms with Gasteiger partial charge in [-0.05, 0) is 28.9 Å². The van der Waals surface area contributed by atoms with Crippen LogP contribution in [0, 0.1) is 0 Å². The molecule has 1 nitrogen and oxygen atoms in total. The average Bonchev–Trinajstić information content (AvgIpc) is 2.01. The van der Waals surface area contributed by atoms with E-state index in [-0.39, 0.29) is 9.92 Å². The molecule has 78 valence electrons. The van der Waals surface area contributed by atoms with Gasteiger partial charge in [0.15, 0.2) is 0 Å². The van der Waals surface area contributed by atoms with Gasteiger partial charge in [0.05, 0.1) is 15.5 Å². The standard InChI is InChI=1S/C7H3Cl2F3OS/c8-5-3-4(7(10,11)12)1-2-6(5)14(9)13/h1-3H. The van der Waals surface area contributed by atoms with Gasteiger partial charge in [0.1, 0.15) is 10.0 Å². The zero-order chi connectivity index (χ0) is 10.9. The van der Waals surface area contributed by atoms with Crippen LogP contribution in [0.25, 0.3) is 0 Å². The minimum Gasteiger partial charge on any atom is -0.237 e. The Kier molecular flexibility index (Phi) is 3.44. The summed E-state index contributed by atoms with van der Waals surface area (Å²) in [5.41, 5.74) is -0.895. The summed E-state index contributed by atoms with van der Waals surface area (Å²) in [6, 6.07) is 2.47. The molecule has 0 saturated heterocycles. The number of hydrogen-bond donors (Lipinski definition) is 0. The monoisotopic (exact) mass is 262 g/mol. The van der Waals surface area contributed by atoms with Crippen LogP contribution in [0.5, 0.6) is 0 Å². The van der Waals surface area contributed by atoms with Crippen LogP contribution in [-0.4, -0.2) is 4.21 Å². The van der Waals surface area contributed by atoms with Gasteiger partial charge >= 0.3 is 6.18 Å². The average molecular weight is 263 g/mol. The Hall–Kier alpha value is -0.260. The van der Waals surface area contributed by atoms with E-state index in [1.54, 1.807) is 0 Å². The van der Waals surface area contributed by atoms with Gasteiger partial charge < -0.3 is 0 Å². The number of halogens is 5. The predicted molar refractivity (Wildman–Crippen MR) is 48.7 cm³/mol. The molecule has 0 aromatic heterocycles. The van der Waals surface area contributed by atoms with Gasteiger partial charge in [0.2, 0.25) is 0 Å². The Bertz CT molecular complexity index is 378. The van der Waals surface area contributed by atoms with Crippen LogP contribution < -0.4 is 0 Å². The van der Waals surface area contributed by atoms with Crippen LogP contribution >= 0.6 is 22.3 Å². The predicted octanol–water partition coefficient (Wildman–Crippen LogP) is 3.62. The van der Waals surface area contributed by atoms with E-state index in [4.69, 9.17) is 22.3 Å². The van der Waals surface area contributed by atoms with Crippen molar-refractivity contribution < 1.29 is 17.4 Å². The SMILES string of the molecule is O=S(Cl)c1ccc(C(F)(F)F)cc1Cl. The van der Waals surface area contributed by atoms with Crippen LogP contribution in [0.4, 0.5) is 13.2 Å². The summed E-state index contributed by atoms with van der Waals surface area (Å²) in [7, 11) is 3.28. The summed E-state index contributed by atoms with van der Waals surface area (Å²) in [4.78, 5) is -0.0265. The normalized spacial score (nSPS) is 14.1. The number of hydrogen-bond acceptors (Lipinski definition) is 1. The highest BCUT2D eigenvalue weighted by atomic mass is 35.7. The highest BCUT2D eigenvalue weighted by Crippen LogP contribution is 2.33. The fourth-order valence-corrected chi connectivity index (χ4v) is 2.11. The summed E-state index contributed by atoms with van der Waals surface area (Å²) < 4.78 is 47.1. The molecule has 1 rings (SSSR count).